The summed E-state index contributed by atoms with van der Waals surface area (Å²) in [6.07, 6.45) is 0. The maximum atomic E-state index is 13.4. The summed E-state index contributed by atoms with van der Waals surface area (Å²) in [6.45, 7) is 2.98. The van der Waals surface area contributed by atoms with Crippen molar-refractivity contribution >= 4 is 11.7 Å². The van der Waals surface area contributed by atoms with E-state index < -0.39 is 17.6 Å². The van der Waals surface area contributed by atoms with E-state index in [1.54, 1.807) is 6.92 Å². The van der Waals surface area contributed by atoms with Crippen molar-refractivity contribution in [1.29, 1.82) is 0 Å². The van der Waals surface area contributed by atoms with Crippen LogP contribution in [0, 0.1) is 11.7 Å². The largest absolute Gasteiger partial charge is 0.493 e. The summed E-state index contributed by atoms with van der Waals surface area (Å²) in [6, 6.07) is 3.94. The normalized spacial score (nSPS) is 11.9. The van der Waals surface area contributed by atoms with Crippen LogP contribution in [-0.2, 0) is 4.79 Å². The average Bonchev–Trinajstić information content (AvgIpc) is 2.25. The van der Waals surface area contributed by atoms with Crippen LogP contribution in [0.3, 0.4) is 0 Å². The average molecular weight is 239 g/mol. The fourth-order valence-electron chi connectivity index (χ4n) is 1.17. The second-order valence-electron chi connectivity index (χ2n) is 3.81. The van der Waals surface area contributed by atoms with Crippen LogP contribution in [0.5, 0.6) is 5.75 Å². The van der Waals surface area contributed by atoms with Crippen molar-refractivity contribution in [2.75, 3.05) is 6.61 Å². The third-order valence-corrected chi connectivity index (χ3v) is 2.31. The summed E-state index contributed by atoms with van der Waals surface area (Å²) in [5.74, 6) is -1.65. The predicted octanol–water partition coefficient (Wildman–Crippen LogP) is 1.53. The molecule has 2 N–H and O–H groups in total. The molecular weight excluding hydrogens is 225 g/mol. The zero-order valence-electron chi connectivity index (χ0n) is 9.70. The lowest BCUT2D eigenvalue weighted by atomic mass is 10.1. The highest BCUT2D eigenvalue weighted by atomic mass is 19.1. The second kappa shape index (κ2) is 5.43. The molecule has 4 nitrogen and oxygen atoms in total. The number of primary amides is 1. The maximum absolute atomic E-state index is 13.4. The van der Waals surface area contributed by atoms with Crippen LogP contribution < -0.4 is 10.5 Å². The highest BCUT2D eigenvalue weighted by molar-refractivity contribution is 5.94. The minimum absolute atomic E-state index is 0.0142. The molecule has 17 heavy (non-hydrogen) atoms. The van der Waals surface area contributed by atoms with Crippen molar-refractivity contribution in [3.05, 3.63) is 29.6 Å². The van der Waals surface area contributed by atoms with Crippen LogP contribution >= 0.6 is 0 Å². The Morgan fingerprint density at radius 3 is 2.59 bits per heavy atom. The monoisotopic (exact) mass is 239 g/mol. The number of amides is 1. The van der Waals surface area contributed by atoms with Crippen molar-refractivity contribution in [3.8, 4) is 5.75 Å². The fraction of sp³-hybridized carbons (Fsp3) is 0.333. The molecule has 0 aliphatic heterocycles. The van der Waals surface area contributed by atoms with E-state index in [0.29, 0.717) is 0 Å². The Kier molecular flexibility index (Phi) is 4.20. The summed E-state index contributed by atoms with van der Waals surface area (Å²) >= 11 is 0. The van der Waals surface area contributed by atoms with E-state index in [2.05, 4.69) is 0 Å². The molecule has 1 aromatic rings. The summed E-state index contributed by atoms with van der Waals surface area (Å²) in [5.41, 5.74) is 5.07. The van der Waals surface area contributed by atoms with Gasteiger partial charge in [0.1, 0.15) is 11.6 Å². The number of ether oxygens (including phenoxy) is 1. The van der Waals surface area contributed by atoms with Gasteiger partial charge in [-0.2, -0.15) is 0 Å². The van der Waals surface area contributed by atoms with Crippen LogP contribution in [0.4, 0.5) is 4.39 Å². The van der Waals surface area contributed by atoms with E-state index in [1.165, 1.54) is 19.1 Å². The molecular formula is C12H14FNO3. The summed E-state index contributed by atoms with van der Waals surface area (Å²) in [5, 5.41) is 0. The number of hydrogen-bond donors (Lipinski definition) is 1. The Balaban J connectivity index is 2.71. The number of carbonyl (C=O) groups is 2. The Morgan fingerprint density at radius 2 is 2.12 bits per heavy atom. The van der Waals surface area contributed by atoms with Crippen LogP contribution in [0.25, 0.3) is 0 Å². The maximum Gasteiger partial charge on any atom is 0.223 e. The van der Waals surface area contributed by atoms with Crippen molar-refractivity contribution in [2.24, 2.45) is 11.7 Å². The van der Waals surface area contributed by atoms with Gasteiger partial charge in [-0.3, -0.25) is 9.59 Å². The highest BCUT2D eigenvalue weighted by Gasteiger charge is 2.11. The lowest BCUT2D eigenvalue weighted by molar-refractivity contribution is -0.122. The van der Waals surface area contributed by atoms with Gasteiger partial charge in [0.15, 0.2) is 5.78 Å². The Labute approximate surface area is 98.6 Å². The summed E-state index contributed by atoms with van der Waals surface area (Å²) < 4.78 is 18.6. The van der Waals surface area contributed by atoms with Gasteiger partial charge in [-0.1, -0.05) is 6.92 Å². The predicted molar refractivity (Wildman–Crippen MR) is 60.3 cm³/mol. The zero-order chi connectivity index (χ0) is 13.0. The van der Waals surface area contributed by atoms with Crippen LogP contribution in [-0.4, -0.2) is 18.3 Å². The molecule has 0 spiro atoms. The van der Waals surface area contributed by atoms with E-state index >= 15 is 0 Å². The molecule has 0 aliphatic carbocycles. The molecule has 0 aromatic heterocycles. The molecule has 5 heteroatoms. The standard InChI is InChI=1S/C12H14FNO3/c1-7(12(14)16)6-17-9-3-4-10(8(2)15)11(13)5-9/h3-5,7H,6H2,1-2H3,(H2,14,16). The van der Waals surface area contributed by atoms with Crippen molar-refractivity contribution in [2.45, 2.75) is 13.8 Å². The molecule has 0 saturated heterocycles. The van der Waals surface area contributed by atoms with Gasteiger partial charge >= 0.3 is 0 Å². The topological polar surface area (TPSA) is 69.4 Å². The number of hydrogen-bond acceptors (Lipinski definition) is 3. The SMILES string of the molecule is CC(=O)c1ccc(OCC(C)C(N)=O)cc1F. The van der Waals surface area contributed by atoms with Crippen LogP contribution in [0.15, 0.2) is 18.2 Å². The van der Waals surface area contributed by atoms with Gasteiger partial charge < -0.3 is 10.5 Å². The first-order valence-electron chi connectivity index (χ1n) is 5.14. The van der Waals surface area contributed by atoms with Gasteiger partial charge in [0, 0.05) is 6.07 Å². The molecule has 0 aliphatic rings. The van der Waals surface area contributed by atoms with E-state index in [0.717, 1.165) is 6.07 Å². The smallest absolute Gasteiger partial charge is 0.223 e. The molecule has 1 atom stereocenters. The molecule has 0 heterocycles. The number of carbonyl (C=O) groups excluding carboxylic acids is 2. The lowest BCUT2D eigenvalue weighted by Crippen LogP contribution is -2.25. The second-order valence-corrected chi connectivity index (χ2v) is 3.81. The number of halogens is 1. The van der Waals surface area contributed by atoms with Crippen molar-refractivity contribution in [3.63, 3.8) is 0 Å². The Morgan fingerprint density at radius 1 is 1.47 bits per heavy atom. The molecule has 1 rings (SSSR count). The molecule has 1 amide bonds. The van der Waals surface area contributed by atoms with E-state index in [4.69, 9.17) is 10.5 Å². The fourth-order valence-corrected chi connectivity index (χ4v) is 1.17. The van der Waals surface area contributed by atoms with Crippen molar-refractivity contribution < 1.29 is 18.7 Å². The third kappa shape index (κ3) is 3.55. The number of nitrogens with two attached hydrogens (primary N) is 1. The number of rotatable bonds is 5. The molecule has 1 aromatic carbocycles. The minimum atomic E-state index is -0.637. The van der Waals surface area contributed by atoms with Gasteiger partial charge in [0.2, 0.25) is 5.91 Å². The van der Waals surface area contributed by atoms with E-state index in [-0.39, 0.29) is 23.7 Å². The first-order chi connectivity index (χ1) is 7.91. The van der Waals surface area contributed by atoms with E-state index in [1.807, 2.05) is 0 Å². The molecule has 92 valence electrons. The number of Topliss-reactive ketones (excluding diaryl/α,β-unsaturated/α-hetero) is 1. The van der Waals surface area contributed by atoms with Crippen LogP contribution in [0.1, 0.15) is 24.2 Å². The molecule has 0 saturated carbocycles. The third-order valence-electron chi connectivity index (χ3n) is 2.31. The minimum Gasteiger partial charge on any atom is -0.493 e. The number of ketones is 1. The van der Waals surface area contributed by atoms with Gasteiger partial charge in [-0.05, 0) is 19.1 Å². The Bertz CT molecular complexity index is 445. The Hall–Kier alpha value is -1.91. The first-order valence-corrected chi connectivity index (χ1v) is 5.14. The quantitative estimate of drug-likeness (QED) is 0.792. The van der Waals surface area contributed by atoms with Gasteiger partial charge in [0.25, 0.3) is 0 Å². The molecule has 0 bridgehead atoms. The first kappa shape index (κ1) is 13.2. The highest BCUT2D eigenvalue weighted by Crippen LogP contribution is 2.17. The summed E-state index contributed by atoms with van der Waals surface area (Å²) in [4.78, 5) is 21.7. The van der Waals surface area contributed by atoms with Crippen LogP contribution in [0.2, 0.25) is 0 Å². The zero-order valence-corrected chi connectivity index (χ0v) is 9.70. The summed E-state index contributed by atoms with van der Waals surface area (Å²) in [7, 11) is 0. The molecule has 1 unspecified atom stereocenters. The van der Waals surface area contributed by atoms with Gasteiger partial charge in [-0.15, -0.1) is 0 Å². The van der Waals surface area contributed by atoms with Gasteiger partial charge in [0.05, 0.1) is 18.1 Å². The molecule has 0 fully saturated rings. The van der Waals surface area contributed by atoms with E-state index in [9.17, 15) is 14.0 Å². The lowest BCUT2D eigenvalue weighted by Gasteiger charge is -2.10. The van der Waals surface area contributed by atoms with Gasteiger partial charge in [-0.25, -0.2) is 4.39 Å². The number of benzene rings is 1. The van der Waals surface area contributed by atoms with Crippen molar-refractivity contribution in [1.82, 2.24) is 0 Å². The molecule has 0 radical (unpaired) electrons.